The van der Waals surface area contributed by atoms with Crippen molar-refractivity contribution in [3.8, 4) is 6.07 Å². The van der Waals surface area contributed by atoms with Crippen LogP contribution in [0.25, 0.3) is 30.3 Å². The van der Waals surface area contributed by atoms with Crippen molar-refractivity contribution in [3.05, 3.63) is 105 Å². The van der Waals surface area contributed by atoms with E-state index in [1.807, 2.05) is 65.4 Å². The van der Waals surface area contributed by atoms with Crippen LogP contribution < -0.4 is 0 Å². The standard InChI is InChI=1S/C13H11NO2S.C10H8O2S.C8H5BrS/c1-2-16-13(15)11(8-14)9-3-4-12-10(7-9)5-6-17-12;11-10(12)6-7-1-2-9-8(5-7)3-4-13-9;9-7-1-2-8-6(5-7)3-4-10-8/h3-7,11H,2H2,1H3;1-5H,6H2,(H,11,12);1-5H. The molecule has 0 fully saturated rings. The zero-order valence-corrected chi connectivity index (χ0v) is 25.4. The lowest BCUT2D eigenvalue weighted by atomic mass is 10.00. The van der Waals surface area contributed by atoms with Gasteiger partial charge in [-0.2, -0.15) is 5.26 Å². The highest BCUT2D eigenvalue weighted by Crippen LogP contribution is 2.26. The zero-order valence-electron chi connectivity index (χ0n) is 21.4. The first-order chi connectivity index (χ1) is 19.4. The summed E-state index contributed by atoms with van der Waals surface area (Å²) in [6.45, 7) is 2.02. The van der Waals surface area contributed by atoms with E-state index in [1.54, 1.807) is 40.9 Å². The van der Waals surface area contributed by atoms with E-state index < -0.39 is 17.9 Å². The molecule has 0 saturated heterocycles. The van der Waals surface area contributed by atoms with Crippen LogP contribution in [0, 0.1) is 11.3 Å². The third-order valence-corrected chi connectivity index (χ3v) is 8.93. The summed E-state index contributed by atoms with van der Waals surface area (Å²) in [4.78, 5) is 22.1. The van der Waals surface area contributed by atoms with Crippen LogP contribution in [0.3, 0.4) is 0 Å². The number of carbonyl (C=O) groups excluding carboxylic acids is 1. The minimum atomic E-state index is -0.834. The van der Waals surface area contributed by atoms with Crippen molar-refractivity contribution >= 4 is 92.1 Å². The first-order valence-corrected chi connectivity index (χ1v) is 15.6. The Morgan fingerprint density at radius 2 is 1.40 bits per heavy atom. The number of fused-ring (bicyclic) bond motifs is 3. The van der Waals surface area contributed by atoms with E-state index >= 15 is 0 Å². The normalized spacial score (nSPS) is 11.1. The van der Waals surface area contributed by atoms with Gasteiger partial charge in [0.25, 0.3) is 0 Å². The number of carboxylic acid groups (broad SMARTS) is 1. The van der Waals surface area contributed by atoms with Crippen LogP contribution >= 0.6 is 49.9 Å². The van der Waals surface area contributed by atoms with Gasteiger partial charge < -0.3 is 9.84 Å². The van der Waals surface area contributed by atoms with Gasteiger partial charge in [-0.05, 0) is 111 Å². The Balaban J connectivity index is 0.000000143. The highest BCUT2D eigenvalue weighted by molar-refractivity contribution is 9.10. The first-order valence-electron chi connectivity index (χ1n) is 12.2. The van der Waals surface area contributed by atoms with Crippen LogP contribution in [-0.4, -0.2) is 23.7 Å². The second kappa shape index (κ2) is 14.2. The number of benzene rings is 3. The van der Waals surface area contributed by atoms with Gasteiger partial charge in [0.15, 0.2) is 5.92 Å². The van der Waals surface area contributed by atoms with Crippen molar-refractivity contribution in [1.82, 2.24) is 0 Å². The summed E-state index contributed by atoms with van der Waals surface area (Å²) in [5.74, 6) is -2.10. The molecule has 202 valence electrons. The predicted octanol–water partition coefficient (Wildman–Crippen LogP) is 9.26. The van der Waals surface area contributed by atoms with E-state index in [1.165, 1.54) is 14.8 Å². The molecule has 3 heterocycles. The molecule has 9 heteroatoms. The summed E-state index contributed by atoms with van der Waals surface area (Å²) in [7, 11) is 0. The number of nitrogens with zero attached hydrogens (tertiary/aromatic N) is 1. The number of carboxylic acids is 1. The Morgan fingerprint density at radius 3 is 1.98 bits per heavy atom. The quantitative estimate of drug-likeness (QED) is 0.188. The molecule has 1 atom stereocenters. The molecule has 0 aliphatic rings. The topological polar surface area (TPSA) is 87.4 Å². The molecule has 0 radical (unpaired) electrons. The van der Waals surface area contributed by atoms with E-state index in [9.17, 15) is 9.59 Å². The number of thiophene rings is 3. The van der Waals surface area contributed by atoms with Gasteiger partial charge in [0, 0.05) is 18.6 Å². The lowest BCUT2D eigenvalue weighted by Crippen LogP contribution is -2.14. The minimum absolute atomic E-state index is 0.103. The van der Waals surface area contributed by atoms with Gasteiger partial charge >= 0.3 is 11.9 Å². The van der Waals surface area contributed by atoms with E-state index in [4.69, 9.17) is 15.1 Å². The summed E-state index contributed by atoms with van der Waals surface area (Å²) in [5, 5.41) is 27.2. The SMILES string of the molecule is Brc1ccc2sccc2c1.CCOC(=O)C(C#N)c1ccc2sccc2c1.O=C(O)Cc1ccc2sccc2c1. The number of halogens is 1. The summed E-state index contributed by atoms with van der Waals surface area (Å²) in [6, 6.07) is 25.8. The average molecular weight is 651 g/mol. The number of carbonyl (C=O) groups is 2. The Hall–Kier alpha value is -3.55. The van der Waals surface area contributed by atoms with Gasteiger partial charge in [-0.3, -0.25) is 9.59 Å². The number of ether oxygens (including phenoxy) is 1. The van der Waals surface area contributed by atoms with E-state index in [-0.39, 0.29) is 13.0 Å². The molecule has 0 saturated carbocycles. The lowest BCUT2D eigenvalue weighted by Gasteiger charge is -2.08. The highest BCUT2D eigenvalue weighted by atomic mass is 79.9. The molecule has 0 bridgehead atoms. The third kappa shape index (κ3) is 7.77. The van der Waals surface area contributed by atoms with E-state index in [0.717, 1.165) is 25.5 Å². The van der Waals surface area contributed by atoms with Crippen LogP contribution in [0.1, 0.15) is 24.0 Å². The van der Waals surface area contributed by atoms with Gasteiger partial charge in [-0.15, -0.1) is 34.0 Å². The lowest BCUT2D eigenvalue weighted by molar-refractivity contribution is -0.143. The maximum atomic E-state index is 11.6. The first kappa shape index (κ1) is 29.4. The zero-order chi connectivity index (χ0) is 28.5. The van der Waals surface area contributed by atoms with E-state index in [2.05, 4.69) is 45.6 Å². The van der Waals surface area contributed by atoms with E-state index in [0.29, 0.717) is 5.56 Å². The number of hydrogen-bond acceptors (Lipinski definition) is 7. The molecule has 40 heavy (non-hydrogen) atoms. The minimum Gasteiger partial charge on any atom is -0.481 e. The molecule has 5 nitrogen and oxygen atoms in total. The Kier molecular flexibility index (Phi) is 10.4. The van der Waals surface area contributed by atoms with Crippen molar-refractivity contribution in [2.45, 2.75) is 19.3 Å². The molecule has 6 aromatic rings. The number of esters is 1. The smallest absolute Gasteiger partial charge is 0.327 e. The highest BCUT2D eigenvalue weighted by Gasteiger charge is 2.21. The molecule has 0 spiro atoms. The fourth-order valence-corrected chi connectivity index (χ4v) is 6.58. The fraction of sp³-hybridized carbons (Fsp3) is 0.129. The molecule has 1 N–H and O–H groups in total. The fourth-order valence-electron chi connectivity index (χ4n) is 3.89. The van der Waals surface area contributed by atoms with Crippen LogP contribution in [0.2, 0.25) is 0 Å². The molecule has 0 aliphatic carbocycles. The average Bonchev–Trinajstić information content (AvgIpc) is 3.70. The number of rotatable bonds is 5. The second-order valence-corrected chi connectivity index (χ2v) is 12.3. The molecule has 3 aromatic heterocycles. The van der Waals surface area contributed by atoms with Crippen LogP contribution in [0.4, 0.5) is 0 Å². The van der Waals surface area contributed by atoms with Crippen LogP contribution in [0.5, 0.6) is 0 Å². The number of nitriles is 1. The molecule has 6 rings (SSSR count). The summed E-state index contributed by atoms with van der Waals surface area (Å²) in [5.41, 5.74) is 1.55. The van der Waals surface area contributed by atoms with Crippen LogP contribution in [0.15, 0.2) is 93.4 Å². The number of aliphatic carboxylic acids is 1. The van der Waals surface area contributed by atoms with Gasteiger partial charge in [0.1, 0.15) is 0 Å². The Bertz CT molecular complexity index is 1800. The Labute approximate surface area is 252 Å². The summed E-state index contributed by atoms with van der Waals surface area (Å²) >= 11 is 8.50. The van der Waals surface area contributed by atoms with Crippen molar-refractivity contribution in [2.24, 2.45) is 0 Å². The number of hydrogen-bond donors (Lipinski definition) is 1. The third-order valence-electron chi connectivity index (χ3n) is 5.75. The van der Waals surface area contributed by atoms with Crippen molar-refractivity contribution in [3.63, 3.8) is 0 Å². The monoisotopic (exact) mass is 649 g/mol. The molecule has 0 amide bonds. The molecule has 1 unspecified atom stereocenters. The molecular weight excluding hydrogens is 626 g/mol. The summed E-state index contributed by atoms with van der Waals surface area (Å²) < 4.78 is 9.74. The van der Waals surface area contributed by atoms with Crippen molar-refractivity contribution in [1.29, 1.82) is 5.26 Å². The van der Waals surface area contributed by atoms with Gasteiger partial charge in [-0.1, -0.05) is 28.1 Å². The maximum Gasteiger partial charge on any atom is 0.327 e. The van der Waals surface area contributed by atoms with Crippen LogP contribution in [-0.2, 0) is 20.7 Å². The largest absolute Gasteiger partial charge is 0.481 e. The van der Waals surface area contributed by atoms with Gasteiger partial charge in [0.2, 0.25) is 0 Å². The van der Waals surface area contributed by atoms with Gasteiger partial charge in [-0.25, -0.2) is 0 Å². The maximum absolute atomic E-state index is 11.6. The summed E-state index contributed by atoms with van der Waals surface area (Å²) in [6.07, 6.45) is 0.103. The van der Waals surface area contributed by atoms with Crippen molar-refractivity contribution in [2.75, 3.05) is 6.61 Å². The van der Waals surface area contributed by atoms with Gasteiger partial charge in [0.05, 0.1) is 19.1 Å². The molecular formula is C31H24BrNO4S3. The predicted molar refractivity (Wildman–Crippen MR) is 170 cm³/mol. The molecule has 3 aromatic carbocycles. The molecule has 0 aliphatic heterocycles. The Morgan fingerprint density at radius 1 is 0.850 bits per heavy atom. The van der Waals surface area contributed by atoms with Crippen molar-refractivity contribution < 1.29 is 19.4 Å². The second-order valence-electron chi connectivity index (χ2n) is 8.50.